The van der Waals surface area contributed by atoms with Crippen LogP contribution in [0.4, 0.5) is 5.69 Å². The van der Waals surface area contributed by atoms with E-state index in [2.05, 4.69) is 5.32 Å². The molecule has 1 N–H and O–H groups in total. The van der Waals surface area contributed by atoms with Gasteiger partial charge < -0.3 is 10.2 Å². The lowest BCUT2D eigenvalue weighted by Gasteiger charge is -2.34. The summed E-state index contributed by atoms with van der Waals surface area (Å²) in [5.41, 5.74) is 3.53. The van der Waals surface area contributed by atoms with Crippen LogP contribution < -0.4 is 9.62 Å². The molecule has 0 saturated carbocycles. The fourth-order valence-corrected chi connectivity index (χ4v) is 6.66. The lowest BCUT2D eigenvalue weighted by molar-refractivity contribution is -0.140. The quantitative estimate of drug-likeness (QED) is 0.187. The van der Waals surface area contributed by atoms with Crippen LogP contribution in [0.3, 0.4) is 0 Å². The Bertz CT molecular complexity index is 1680. The maximum absolute atomic E-state index is 14.5. The third-order valence-corrected chi connectivity index (χ3v) is 9.72. The van der Waals surface area contributed by atoms with E-state index in [-0.39, 0.29) is 23.8 Å². The standard InChI is InChI=1S/C35H38ClN3O4S/c1-4-22-37-35(41)33(23-28-15-7-5-8-16-28)38(24-29-17-11-12-20-31(29)36)34(40)25-39(32-21-13-14-26(2)27(32)3)44(42,43)30-18-9-6-10-19-30/h5-21,33H,4,22-25H2,1-3H3,(H,37,41). The molecule has 4 aromatic carbocycles. The average Bonchev–Trinajstić information content (AvgIpc) is 3.03. The Kier molecular flexibility index (Phi) is 11.2. The number of aryl methyl sites for hydroxylation is 1. The van der Waals surface area contributed by atoms with Gasteiger partial charge in [0.15, 0.2) is 0 Å². The van der Waals surface area contributed by atoms with E-state index in [0.717, 1.165) is 27.4 Å². The fraction of sp³-hybridized carbons (Fsp3) is 0.257. The number of rotatable bonds is 13. The van der Waals surface area contributed by atoms with Crippen molar-refractivity contribution in [1.29, 1.82) is 0 Å². The number of hydrogen-bond acceptors (Lipinski definition) is 4. The van der Waals surface area contributed by atoms with Gasteiger partial charge in [-0.15, -0.1) is 0 Å². The number of hydrogen-bond donors (Lipinski definition) is 1. The normalized spacial score (nSPS) is 11.9. The van der Waals surface area contributed by atoms with Gasteiger partial charge in [-0.2, -0.15) is 0 Å². The highest BCUT2D eigenvalue weighted by Gasteiger charge is 2.35. The van der Waals surface area contributed by atoms with Crippen molar-refractivity contribution < 1.29 is 18.0 Å². The number of nitrogens with zero attached hydrogens (tertiary/aromatic N) is 2. The summed E-state index contributed by atoms with van der Waals surface area (Å²) in [5, 5.41) is 3.39. The van der Waals surface area contributed by atoms with Crippen molar-refractivity contribution in [2.24, 2.45) is 0 Å². The molecular weight excluding hydrogens is 594 g/mol. The maximum Gasteiger partial charge on any atom is 0.264 e. The van der Waals surface area contributed by atoms with E-state index in [9.17, 15) is 18.0 Å². The highest BCUT2D eigenvalue weighted by atomic mass is 35.5. The predicted octanol–water partition coefficient (Wildman–Crippen LogP) is 6.32. The molecule has 0 heterocycles. The van der Waals surface area contributed by atoms with E-state index in [0.29, 0.717) is 22.8 Å². The second-order valence-corrected chi connectivity index (χ2v) is 12.9. The molecule has 4 rings (SSSR count). The number of halogens is 1. The van der Waals surface area contributed by atoms with Gasteiger partial charge in [0.25, 0.3) is 10.0 Å². The summed E-state index contributed by atoms with van der Waals surface area (Å²) < 4.78 is 29.5. The number of amides is 2. The van der Waals surface area contributed by atoms with Crippen molar-refractivity contribution in [1.82, 2.24) is 10.2 Å². The van der Waals surface area contributed by atoms with E-state index < -0.39 is 28.5 Å². The van der Waals surface area contributed by atoms with E-state index in [1.807, 2.05) is 63.2 Å². The third kappa shape index (κ3) is 7.87. The first-order valence-corrected chi connectivity index (χ1v) is 16.4. The Morgan fingerprint density at radius 1 is 0.841 bits per heavy atom. The average molecular weight is 632 g/mol. The zero-order valence-electron chi connectivity index (χ0n) is 25.2. The molecule has 0 aliphatic carbocycles. The number of nitrogens with one attached hydrogen (secondary N) is 1. The monoisotopic (exact) mass is 631 g/mol. The first kappa shape index (κ1) is 32.8. The molecule has 0 fully saturated rings. The minimum Gasteiger partial charge on any atom is -0.354 e. The second-order valence-electron chi connectivity index (χ2n) is 10.7. The summed E-state index contributed by atoms with van der Waals surface area (Å²) in [6.45, 7) is 5.62. The fourth-order valence-electron chi connectivity index (χ4n) is 4.97. The minimum atomic E-state index is -4.16. The van der Waals surface area contributed by atoms with Gasteiger partial charge in [0.05, 0.1) is 10.6 Å². The van der Waals surface area contributed by atoms with Crippen LogP contribution in [0.15, 0.2) is 108 Å². The van der Waals surface area contributed by atoms with E-state index >= 15 is 0 Å². The Hall–Kier alpha value is -4.14. The smallest absolute Gasteiger partial charge is 0.264 e. The molecule has 0 bridgehead atoms. The van der Waals surface area contributed by atoms with Gasteiger partial charge in [-0.1, -0.05) is 97.4 Å². The van der Waals surface area contributed by atoms with Gasteiger partial charge in [-0.25, -0.2) is 8.42 Å². The van der Waals surface area contributed by atoms with Crippen LogP contribution in [-0.4, -0.2) is 44.3 Å². The molecule has 0 aliphatic heterocycles. The van der Waals surface area contributed by atoms with Crippen molar-refractivity contribution in [3.63, 3.8) is 0 Å². The molecule has 1 unspecified atom stereocenters. The van der Waals surface area contributed by atoms with E-state index in [4.69, 9.17) is 11.6 Å². The second kappa shape index (κ2) is 15.0. The van der Waals surface area contributed by atoms with Crippen molar-refractivity contribution in [3.05, 3.63) is 130 Å². The van der Waals surface area contributed by atoms with Gasteiger partial charge in [-0.05, 0) is 66.8 Å². The van der Waals surface area contributed by atoms with Gasteiger partial charge in [0, 0.05) is 24.5 Å². The highest BCUT2D eigenvalue weighted by molar-refractivity contribution is 7.92. The summed E-state index contributed by atoms with van der Waals surface area (Å²) in [4.78, 5) is 29.8. The van der Waals surface area contributed by atoms with Crippen LogP contribution >= 0.6 is 11.6 Å². The summed E-state index contributed by atoms with van der Waals surface area (Å²) >= 11 is 6.55. The number of anilines is 1. The van der Waals surface area contributed by atoms with Crippen LogP contribution in [0.25, 0.3) is 0 Å². The van der Waals surface area contributed by atoms with E-state index in [1.54, 1.807) is 48.5 Å². The lowest BCUT2D eigenvalue weighted by atomic mass is 10.0. The molecule has 44 heavy (non-hydrogen) atoms. The number of benzene rings is 4. The Morgan fingerprint density at radius 2 is 1.48 bits per heavy atom. The van der Waals surface area contributed by atoms with Crippen LogP contribution in [0.5, 0.6) is 0 Å². The summed E-state index contributed by atoms with van der Waals surface area (Å²) in [5.74, 6) is -0.849. The predicted molar refractivity (Wildman–Crippen MR) is 176 cm³/mol. The van der Waals surface area contributed by atoms with Crippen molar-refractivity contribution >= 4 is 39.1 Å². The highest BCUT2D eigenvalue weighted by Crippen LogP contribution is 2.29. The van der Waals surface area contributed by atoms with Crippen LogP contribution in [-0.2, 0) is 32.6 Å². The third-order valence-electron chi connectivity index (χ3n) is 7.57. The SMILES string of the molecule is CCCNC(=O)C(Cc1ccccc1)N(Cc1ccccc1Cl)C(=O)CN(c1cccc(C)c1C)S(=O)(=O)c1ccccc1. The molecule has 2 amide bonds. The Balaban J connectivity index is 1.83. The summed E-state index contributed by atoms with van der Waals surface area (Å²) in [6, 6.07) is 29.1. The molecule has 7 nitrogen and oxygen atoms in total. The number of carbonyl (C=O) groups is 2. The molecule has 0 radical (unpaired) electrons. The summed E-state index contributed by atoms with van der Waals surface area (Å²) in [6.07, 6.45) is 0.958. The lowest BCUT2D eigenvalue weighted by Crippen LogP contribution is -2.53. The van der Waals surface area contributed by atoms with Gasteiger partial charge in [0.1, 0.15) is 12.6 Å². The summed E-state index contributed by atoms with van der Waals surface area (Å²) in [7, 11) is -4.16. The molecule has 0 aromatic heterocycles. The largest absolute Gasteiger partial charge is 0.354 e. The number of sulfonamides is 1. The van der Waals surface area contributed by atoms with Crippen LogP contribution in [0.1, 0.15) is 35.6 Å². The van der Waals surface area contributed by atoms with Crippen molar-refractivity contribution in [2.45, 2.75) is 51.1 Å². The van der Waals surface area contributed by atoms with Gasteiger partial charge >= 0.3 is 0 Å². The van der Waals surface area contributed by atoms with Gasteiger partial charge in [0.2, 0.25) is 11.8 Å². The molecule has 230 valence electrons. The first-order valence-electron chi connectivity index (χ1n) is 14.6. The van der Waals surface area contributed by atoms with Crippen LogP contribution in [0.2, 0.25) is 5.02 Å². The topological polar surface area (TPSA) is 86.8 Å². The zero-order valence-corrected chi connectivity index (χ0v) is 26.8. The van der Waals surface area contributed by atoms with Gasteiger partial charge in [-0.3, -0.25) is 13.9 Å². The van der Waals surface area contributed by atoms with Crippen LogP contribution in [0, 0.1) is 13.8 Å². The molecule has 4 aromatic rings. The molecule has 0 aliphatic rings. The molecule has 0 spiro atoms. The zero-order chi connectivity index (χ0) is 31.7. The van der Waals surface area contributed by atoms with Crippen molar-refractivity contribution in [3.8, 4) is 0 Å². The molecule has 0 saturated heterocycles. The molecule has 1 atom stereocenters. The minimum absolute atomic E-state index is 0.0155. The first-order chi connectivity index (χ1) is 21.1. The van der Waals surface area contributed by atoms with Crippen molar-refractivity contribution in [2.75, 3.05) is 17.4 Å². The number of carbonyl (C=O) groups excluding carboxylic acids is 2. The molecular formula is C35H38ClN3O4S. The molecule has 9 heteroatoms. The van der Waals surface area contributed by atoms with E-state index in [1.165, 1.54) is 17.0 Å². The maximum atomic E-state index is 14.5. The Labute approximate surface area is 265 Å². The Morgan fingerprint density at radius 3 is 2.14 bits per heavy atom.